The minimum Gasteiger partial charge on any atom is -0.423 e. The number of carbonyl (C=O) groups is 1. The number of sulfonamides is 1. The molecule has 1 aliphatic heterocycles. The Balaban J connectivity index is 2.11. The summed E-state index contributed by atoms with van der Waals surface area (Å²) in [5, 5.41) is 0. The summed E-state index contributed by atoms with van der Waals surface area (Å²) in [6.45, 7) is 1.55. The lowest BCUT2D eigenvalue weighted by Crippen LogP contribution is -2.40. The van der Waals surface area contributed by atoms with Crippen LogP contribution in [-0.4, -0.2) is 20.9 Å². The fourth-order valence-electron chi connectivity index (χ4n) is 2.16. The lowest BCUT2D eigenvalue weighted by atomic mass is 10.2. The molecule has 1 heterocycles. The molecule has 0 unspecified atom stereocenters. The average Bonchev–Trinajstić information content (AvgIpc) is 2.46. The molecule has 0 amide bonds. The van der Waals surface area contributed by atoms with Crippen molar-refractivity contribution in [1.29, 1.82) is 0 Å². The minimum absolute atomic E-state index is 0.151. The van der Waals surface area contributed by atoms with Gasteiger partial charge in [0.2, 0.25) is 0 Å². The van der Waals surface area contributed by atoms with Gasteiger partial charge in [-0.2, -0.15) is 0 Å². The summed E-state index contributed by atoms with van der Waals surface area (Å²) in [6.07, 6.45) is 0. The first kappa shape index (κ1) is 13.6. The van der Waals surface area contributed by atoms with Crippen LogP contribution in [0.25, 0.3) is 0 Å². The van der Waals surface area contributed by atoms with Crippen LogP contribution in [0.15, 0.2) is 53.4 Å². The summed E-state index contributed by atoms with van der Waals surface area (Å²) >= 11 is 0. The molecule has 0 atom stereocenters. The molecule has 0 bridgehead atoms. The van der Waals surface area contributed by atoms with Crippen molar-refractivity contribution in [3.05, 3.63) is 54.1 Å². The van der Waals surface area contributed by atoms with Gasteiger partial charge in [-0.3, -0.25) is 4.31 Å². The number of para-hydroxylation sites is 2. The zero-order valence-electron chi connectivity index (χ0n) is 11.3. The second-order valence-electron chi connectivity index (χ2n) is 4.77. The Hall–Kier alpha value is -2.34. The number of carbonyl (C=O) groups excluding carboxylic acids is 1. The van der Waals surface area contributed by atoms with E-state index in [1.165, 1.54) is 12.1 Å². The van der Waals surface area contributed by atoms with E-state index in [9.17, 15) is 13.2 Å². The molecule has 0 aliphatic carbocycles. The zero-order chi connectivity index (χ0) is 15.0. The number of hydrogen-bond donors (Lipinski definition) is 0. The van der Waals surface area contributed by atoms with Crippen LogP contribution in [0.5, 0.6) is 5.75 Å². The first-order valence-corrected chi connectivity index (χ1v) is 7.81. The van der Waals surface area contributed by atoms with E-state index in [1.807, 2.05) is 6.92 Å². The standard InChI is InChI=1S/C15H13NO4S/c1-11-6-8-12(9-7-11)21(18,19)16-10-15(17)20-14-5-3-2-4-13(14)16/h2-9H,10H2,1H3. The third-order valence-corrected chi connectivity index (χ3v) is 5.01. The largest absolute Gasteiger partial charge is 0.423 e. The Bertz CT molecular complexity index is 797. The predicted octanol–water partition coefficient (Wildman–Crippen LogP) is 2.11. The van der Waals surface area contributed by atoms with E-state index in [0.717, 1.165) is 9.87 Å². The third-order valence-electron chi connectivity index (χ3n) is 3.24. The fraction of sp³-hybridized carbons (Fsp3) is 0.133. The van der Waals surface area contributed by atoms with Gasteiger partial charge >= 0.3 is 5.97 Å². The van der Waals surface area contributed by atoms with Gasteiger partial charge in [0.05, 0.1) is 10.6 Å². The minimum atomic E-state index is -3.79. The lowest BCUT2D eigenvalue weighted by Gasteiger charge is -2.28. The monoisotopic (exact) mass is 303 g/mol. The number of esters is 1. The van der Waals surface area contributed by atoms with Crippen LogP contribution in [0, 0.1) is 6.92 Å². The maximum absolute atomic E-state index is 12.7. The van der Waals surface area contributed by atoms with E-state index in [1.54, 1.807) is 36.4 Å². The lowest BCUT2D eigenvalue weighted by molar-refractivity contribution is -0.133. The van der Waals surface area contributed by atoms with Crippen LogP contribution in [-0.2, 0) is 14.8 Å². The number of anilines is 1. The number of aryl methyl sites for hydroxylation is 1. The van der Waals surface area contributed by atoms with Crippen molar-refractivity contribution in [1.82, 2.24) is 0 Å². The Morgan fingerprint density at radius 1 is 1.05 bits per heavy atom. The van der Waals surface area contributed by atoms with Gasteiger partial charge in [-0.05, 0) is 31.2 Å². The van der Waals surface area contributed by atoms with Crippen molar-refractivity contribution in [2.75, 3.05) is 10.8 Å². The smallest absolute Gasteiger partial charge is 0.332 e. The maximum atomic E-state index is 12.7. The van der Waals surface area contributed by atoms with Gasteiger partial charge in [-0.25, -0.2) is 13.2 Å². The summed E-state index contributed by atoms with van der Waals surface area (Å²) in [4.78, 5) is 11.8. The SMILES string of the molecule is Cc1ccc(S(=O)(=O)N2CC(=O)Oc3ccccc32)cc1. The Morgan fingerprint density at radius 3 is 2.43 bits per heavy atom. The predicted molar refractivity (Wildman–Crippen MR) is 77.8 cm³/mol. The molecule has 0 radical (unpaired) electrons. The number of nitrogens with zero attached hydrogens (tertiary/aromatic N) is 1. The van der Waals surface area contributed by atoms with Crippen LogP contribution < -0.4 is 9.04 Å². The molecule has 0 N–H and O–H groups in total. The Kier molecular flexibility index (Phi) is 3.17. The molecule has 108 valence electrons. The molecule has 0 fully saturated rings. The van der Waals surface area contributed by atoms with Crippen molar-refractivity contribution in [2.24, 2.45) is 0 Å². The van der Waals surface area contributed by atoms with Gasteiger partial charge in [0.15, 0.2) is 5.75 Å². The molecule has 0 saturated carbocycles. The molecule has 0 saturated heterocycles. The van der Waals surface area contributed by atoms with Gasteiger partial charge in [-0.1, -0.05) is 29.8 Å². The molecule has 5 nitrogen and oxygen atoms in total. The van der Waals surface area contributed by atoms with Crippen molar-refractivity contribution in [3.8, 4) is 5.75 Å². The summed E-state index contributed by atoms with van der Waals surface area (Å²) < 4.78 is 31.6. The summed E-state index contributed by atoms with van der Waals surface area (Å²) in [5.74, 6) is -0.339. The van der Waals surface area contributed by atoms with E-state index in [-0.39, 0.29) is 17.2 Å². The molecule has 0 aromatic heterocycles. The number of rotatable bonds is 2. The maximum Gasteiger partial charge on any atom is 0.332 e. The van der Waals surface area contributed by atoms with E-state index < -0.39 is 16.0 Å². The highest BCUT2D eigenvalue weighted by Crippen LogP contribution is 2.35. The molecule has 3 rings (SSSR count). The van der Waals surface area contributed by atoms with Gasteiger partial charge < -0.3 is 4.74 Å². The van der Waals surface area contributed by atoms with Gasteiger partial charge in [0.1, 0.15) is 6.54 Å². The Morgan fingerprint density at radius 2 is 1.71 bits per heavy atom. The number of ether oxygens (including phenoxy) is 1. The summed E-state index contributed by atoms with van der Waals surface area (Å²) in [7, 11) is -3.79. The van der Waals surface area contributed by atoms with Gasteiger partial charge in [0, 0.05) is 0 Å². The van der Waals surface area contributed by atoms with Crippen molar-refractivity contribution < 1.29 is 17.9 Å². The number of fused-ring (bicyclic) bond motifs is 1. The molecule has 2 aromatic carbocycles. The summed E-state index contributed by atoms with van der Waals surface area (Å²) in [6, 6.07) is 13.1. The quantitative estimate of drug-likeness (QED) is 0.629. The van der Waals surface area contributed by atoms with Crippen LogP contribution in [0.4, 0.5) is 5.69 Å². The van der Waals surface area contributed by atoms with Crippen molar-refractivity contribution in [2.45, 2.75) is 11.8 Å². The molecule has 2 aromatic rings. The van der Waals surface area contributed by atoms with E-state index in [4.69, 9.17) is 4.74 Å². The first-order valence-electron chi connectivity index (χ1n) is 6.37. The topological polar surface area (TPSA) is 63.7 Å². The fourth-order valence-corrected chi connectivity index (χ4v) is 3.58. The van der Waals surface area contributed by atoms with E-state index in [0.29, 0.717) is 5.69 Å². The van der Waals surface area contributed by atoms with E-state index in [2.05, 4.69) is 0 Å². The van der Waals surface area contributed by atoms with Crippen LogP contribution >= 0.6 is 0 Å². The molecule has 21 heavy (non-hydrogen) atoms. The van der Waals surface area contributed by atoms with Crippen molar-refractivity contribution >= 4 is 21.7 Å². The van der Waals surface area contributed by atoms with Crippen LogP contribution in [0.3, 0.4) is 0 Å². The van der Waals surface area contributed by atoms with Crippen LogP contribution in [0.2, 0.25) is 0 Å². The second-order valence-corrected chi connectivity index (χ2v) is 6.63. The average molecular weight is 303 g/mol. The molecule has 6 heteroatoms. The van der Waals surface area contributed by atoms with E-state index >= 15 is 0 Å². The third kappa shape index (κ3) is 2.38. The zero-order valence-corrected chi connectivity index (χ0v) is 12.1. The van der Waals surface area contributed by atoms with Crippen LogP contribution in [0.1, 0.15) is 5.56 Å². The highest BCUT2D eigenvalue weighted by Gasteiger charge is 2.33. The highest BCUT2D eigenvalue weighted by atomic mass is 32.2. The molecule has 0 spiro atoms. The highest BCUT2D eigenvalue weighted by molar-refractivity contribution is 7.92. The molecule has 1 aliphatic rings. The van der Waals surface area contributed by atoms with Gasteiger partial charge in [0.25, 0.3) is 10.0 Å². The normalized spacial score (nSPS) is 14.5. The first-order chi connectivity index (χ1) is 9.98. The number of benzene rings is 2. The molecular formula is C15H13NO4S. The second kappa shape index (κ2) is 4.89. The Labute approximate surface area is 122 Å². The van der Waals surface area contributed by atoms with Gasteiger partial charge in [-0.15, -0.1) is 0 Å². The molecular weight excluding hydrogens is 290 g/mol. The van der Waals surface area contributed by atoms with Crippen molar-refractivity contribution in [3.63, 3.8) is 0 Å². The number of hydrogen-bond acceptors (Lipinski definition) is 4. The summed E-state index contributed by atoms with van der Waals surface area (Å²) in [5.41, 5.74) is 1.34.